The van der Waals surface area contributed by atoms with Gasteiger partial charge in [0.15, 0.2) is 11.6 Å². The van der Waals surface area contributed by atoms with Gasteiger partial charge >= 0.3 is 0 Å². The van der Waals surface area contributed by atoms with Crippen molar-refractivity contribution in [3.8, 4) is 17.0 Å². The lowest BCUT2D eigenvalue weighted by molar-refractivity contribution is 0.0949. The molecule has 41 heavy (non-hydrogen) atoms. The van der Waals surface area contributed by atoms with Crippen LogP contribution in [0.4, 0.5) is 13.2 Å². The zero-order valence-corrected chi connectivity index (χ0v) is 22.7. The molecule has 0 bridgehead atoms. The van der Waals surface area contributed by atoms with E-state index in [-0.39, 0.29) is 24.5 Å². The molecule has 1 N–H and O–H groups in total. The number of rotatable bonds is 4. The molecule has 5 aromatic rings. The van der Waals surface area contributed by atoms with Gasteiger partial charge in [0.05, 0.1) is 35.6 Å². The highest BCUT2D eigenvalue weighted by molar-refractivity contribution is 7.92. The summed E-state index contributed by atoms with van der Waals surface area (Å²) >= 11 is 0. The van der Waals surface area contributed by atoms with E-state index in [1.807, 2.05) is 25.1 Å². The highest BCUT2D eigenvalue weighted by Gasteiger charge is 2.35. The minimum Gasteiger partial charge on any atom is -0.489 e. The first-order chi connectivity index (χ1) is 19.5. The molecule has 1 aliphatic rings. The van der Waals surface area contributed by atoms with Gasteiger partial charge in [0.2, 0.25) is 15.3 Å². The zero-order chi connectivity index (χ0) is 29.1. The highest BCUT2D eigenvalue weighted by atomic mass is 32.2. The average molecular weight is 581 g/mol. The number of pyridine rings is 2. The summed E-state index contributed by atoms with van der Waals surface area (Å²) in [6, 6.07) is 12.1. The van der Waals surface area contributed by atoms with E-state index in [1.165, 1.54) is 6.07 Å². The van der Waals surface area contributed by atoms with E-state index in [0.717, 1.165) is 34.2 Å². The Kier molecular flexibility index (Phi) is 6.45. The van der Waals surface area contributed by atoms with Gasteiger partial charge < -0.3 is 14.6 Å². The molecule has 4 heterocycles. The number of carbonyl (C=O) groups excluding carboxylic acids is 1. The number of aryl methyl sites for hydroxylation is 2. The van der Waals surface area contributed by atoms with Gasteiger partial charge in [-0.25, -0.2) is 26.6 Å². The van der Waals surface area contributed by atoms with E-state index in [4.69, 9.17) is 9.72 Å². The molecular weight excluding hydrogens is 557 g/mol. The van der Waals surface area contributed by atoms with Gasteiger partial charge in [-0.15, -0.1) is 0 Å². The fourth-order valence-electron chi connectivity index (χ4n) is 4.95. The summed E-state index contributed by atoms with van der Waals surface area (Å²) in [5, 5.41) is 4.06. The van der Waals surface area contributed by atoms with Gasteiger partial charge in [0.25, 0.3) is 5.91 Å². The molecule has 0 saturated carbocycles. The molecule has 1 aliphatic heterocycles. The maximum absolute atomic E-state index is 14.7. The zero-order valence-electron chi connectivity index (χ0n) is 21.9. The Bertz CT molecular complexity index is 1990. The number of benzene rings is 2. The Labute approximate surface area is 232 Å². The second kappa shape index (κ2) is 9.88. The number of fused-ring (bicyclic) bond motifs is 3. The second-order valence-electron chi connectivity index (χ2n) is 9.83. The molecule has 0 fully saturated rings. The number of nitrogens with one attached hydrogen (secondary N) is 1. The Morgan fingerprint density at radius 1 is 1.12 bits per heavy atom. The van der Waals surface area contributed by atoms with E-state index in [0.29, 0.717) is 22.4 Å². The Morgan fingerprint density at radius 3 is 2.73 bits per heavy atom. The van der Waals surface area contributed by atoms with Crippen LogP contribution in [0.15, 0.2) is 59.6 Å². The van der Waals surface area contributed by atoms with Crippen LogP contribution >= 0.6 is 0 Å². The lowest BCUT2D eigenvalue weighted by Crippen LogP contribution is -2.24. The molecule has 0 spiro atoms. The third kappa shape index (κ3) is 4.57. The minimum absolute atomic E-state index is 0.0763. The number of ether oxygens (including phenoxy) is 1. The topological polar surface area (TPSA) is 103 Å². The van der Waals surface area contributed by atoms with Crippen LogP contribution in [0.3, 0.4) is 0 Å². The first-order valence-electron chi connectivity index (χ1n) is 12.7. The van der Waals surface area contributed by atoms with Crippen molar-refractivity contribution >= 4 is 37.6 Å². The predicted molar refractivity (Wildman–Crippen MR) is 146 cm³/mol. The molecule has 3 aromatic heterocycles. The number of amides is 1. The summed E-state index contributed by atoms with van der Waals surface area (Å²) < 4.78 is 75.3. The minimum atomic E-state index is -4.53. The Balaban J connectivity index is 1.28. The number of aromatic nitrogens is 3. The third-order valence-electron chi connectivity index (χ3n) is 7.23. The smallest absolute Gasteiger partial charge is 0.251 e. The second-order valence-corrected chi connectivity index (χ2v) is 11.9. The van der Waals surface area contributed by atoms with Crippen LogP contribution in [0.2, 0.25) is 0 Å². The largest absolute Gasteiger partial charge is 0.489 e. The number of alkyl halides is 1. The Hall–Kier alpha value is -4.45. The van der Waals surface area contributed by atoms with Crippen molar-refractivity contribution in [3.05, 3.63) is 83.3 Å². The molecule has 12 heteroatoms. The number of sulfone groups is 1. The summed E-state index contributed by atoms with van der Waals surface area (Å²) in [6.07, 6.45) is 1.15. The van der Waals surface area contributed by atoms with Gasteiger partial charge in [0.1, 0.15) is 10.7 Å². The highest BCUT2D eigenvalue weighted by Crippen LogP contribution is 2.35. The molecule has 8 nitrogen and oxygen atoms in total. The van der Waals surface area contributed by atoms with Crippen molar-refractivity contribution in [3.63, 3.8) is 0 Å². The summed E-state index contributed by atoms with van der Waals surface area (Å²) in [5.74, 6) is -2.78. The van der Waals surface area contributed by atoms with Crippen molar-refractivity contribution in [2.75, 3.05) is 6.61 Å². The van der Waals surface area contributed by atoms with Crippen LogP contribution in [0.25, 0.3) is 33.1 Å². The molecule has 0 unspecified atom stereocenters. The summed E-state index contributed by atoms with van der Waals surface area (Å²) in [6.45, 7) is 1.51. The lowest BCUT2D eigenvalue weighted by atomic mass is 10.0. The number of carbonyl (C=O) groups is 1. The van der Waals surface area contributed by atoms with Crippen molar-refractivity contribution in [2.24, 2.45) is 7.05 Å². The van der Waals surface area contributed by atoms with Crippen molar-refractivity contribution in [1.82, 2.24) is 19.9 Å². The fraction of sp³-hybridized carbons (Fsp3) is 0.207. The molecular formula is C29H23F3N4O4S. The monoisotopic (exact) mass is 580 g/mol. The van der Waals surface area contributed by atoms with Gasteiger partial charge in [-0.3, -0.25) is 9.78 Å². The quantitative estimate of drug-likeness (QED) is 0.315. The normalized spacial score (nSPS) is 16.3. The number of hydrogen-bond donors (Lipinski definition) is 1. The van der Waals surface area contributed by atoms with Gasteiger partial charge in [0, 0.05) is 47.3 Å². The SMILES string of the molecule is Cc1cc2c(-c3ccc4cnc(CNC(=O)c5cc(F)c6c(c5)S(=O)(=O)[C@@H](F)CCO6)cc4n3)ccc(F)c2n1C. The van der Waals surface area contributed by atoms with Crippen molar-refractivity contribution in [2.45, 2.75) is 30.3 Å². The summed E-state index contributed by atoms with van der Waals surface area (Å²) in [7, 11) is -2.73. The molecule has 1 atom stereocenters. The molecule has 1 amide bonds. The molecule has 6 rings (SSSR count). The van der Waals surface area contributed by atoms with Crippen LogP contribution in [-0.4, -0.2) is 41.0 Å². The van der Waals surface area contributed by atoms with Gasteiger partial charge in [-0.05, 0) is 55.5 Å². The Morgan fingerprint density at radius 2 is 1.93 bits per heavy atom. The number of hydrogen-bond acceptors (Lipinski definition) is 6. The molecule has 0 radical (unpaired) electrons. The van der Waals surface area contributed by atoms with Crippen molar-refractivity contribution in [1.29, 1.82) is 0 Å². The standard InChI is InChI=1S/C29H23F3N4O4S/c1-15-9-20-19(4-5-21(30)27(20)36(15)2)23-6-3-16-13-33-18(12-24(16)35-23)14-34-29(37)17-10-22(31)28-25(11-17)41(38,39)26(32)7-8-40-28/h3-6,9-13,26H,7-8,14H2,1-2H3,(H,34,37)/t26-/m1/s1. The van der Waals surface area contributed by atoms with E-state index >= 15 is 0 Å². The first kappa shape index (κ1) is 26.8. The van der Waals surface area contributed by atoms with E-state index in [2.05, 4.69) is 10.3 Å². The van der Waals surface area contributed by atoms with E-state index in [1.54, 1.807) is 29.9 Å². The van der Waals surface area contributed by atoms with Crippen LogP contribution in [0.1, 0.15) is 28.2 Å². The van der Waals surface area contributed by atoms with Gasteiger partial charge in [-0.2, -0.15) is 0 Å². The van der Waals surface area contributed by atoms with Crippen LogP contribution in [0.5, 0.6) is 5.75 Å². The molecule has 210 valence electrons. The summed E-state index contributed by atoms with van der Waals surface area (Å²) in [4.78, 5) is 21.2. The predicted octanol–water partition coefficient (Wildman–Crippen LogP) is 5.16. The molecule has 0 aliphatic carbocycles. The van der Waals surface area contributed by atoms with Gasteiger partial charge in [-0.1, -0.05) is 0 Å². The van der Waals surface area contributed by atoms with Crippen LogP contribution in [0, 0.1) is 18.6 Å². The number of halogens is 3. The average Bonchev–Trinajstić information content (AvgIpc) is 3.19. The number of nitrogens with zero attached hydrogens (tertiary/aromatic N) is 3. The first-order valence-corrected chi connectivity index (χ1v) is 14.2. The summed E-state index contributed by atoms with van der Waals surface area (Å²) in [5.41, 5.74) is 1.22. The maximum atomic E-state index is 14.7. The van der Waals surface area contributed by atoms with E-state index < -0.39 is 44.1 Å². The fourth-order valence-corrected chi connectivity index (χ4v) is 6.34. The molecule has 0 saturated heterocycles. The van der Waals surface area contributed by atoms with Crippen LogP contribution < -0.4 is 10.1 Å². The van der Waals surface area contributed by atoms with Crippen LogP contribution in [-0.2, 0) is 23.4 Å². The lowest BCUT2D eigenvalue weighted by Gasteiger charge is -2.12. The molecule has 2 aromatic carbocycles. The third-order valence-corrected chi connectivity index (χ3v) is 9.05. The van der Waals surface area contributed by atoms with Crippen molar-refractivity contribution < 1.29 is 31.1 Å². The maximum Gasteiger partial charge on any atom is 0.251 e. The van der Waals surface area contributed by atoms with E-state index in [9.17, 15) is 26.4 Å².